The molecule has 0 heterocycles. The van der Waals surface area contributed by atoms with Crippen molar-refractivity contribution >= 4 is 38.1 Å². The monoisotopic (exact) mass is 446 g/mol. The fraction of sp³-hybridized carbons (Fsp3) is 0.111. The highest BCUT2D eigenvalue weighted by Crippen LogP contribution is 2.34. The van der Waals surface area contributed by atoms with Gasteiger partial charge in [0.2, 0.25) is 0 Å². The summed E-state index contributed by atoms with van der Waals surface area (Å²) < 4.78 is 6.95. The van der Waals surface area contributed by atoms with Crippen LogP contribution in [-0.2, 0) is 11.4 Å². The highest BCUT2D eigenvalue weighted by molar-refractivity contribution is 9.11. The van der Waals surface area contributed by atoms with Crippen LogP contribution in [-0.4, -0.2) is 12.8 Å². The molecule has 0 aliphatic heterocycles. The fourth-order valence-corrected chi connectivity index (χ4v) is 3.32. The maximum Gasteiger partial charge on any atom is 0.149 e. The van der Waals surface area contributed by atoms with Crippen LogP contribution in [0.5, 0.6) is 5.75 Å². The van der Waals surface area contributed by atoms with Gasteiger partial charge in [-0.1, -0.05) is 29.3 Å². The van der Waals surface area contributed by atoms with E-state index < -0.39 is 0 Å². The van der Waals surface area contributed by atoms with Gasteiger partial charge >= 0.3 is 0 Å². The number of rotatable bonds is 6. The van der Waals surface area contributed by atoms with Crippen LogP contribution in [0.2, 0.25) is 0 Å². The van der Waals surface area contributed by atoms with E-state index in [0.717, 1.165) is 20.1 Å². The Bertz CT molecular complexity index is 813. The quantitative estimate of drug-likeness (QED) is 0.368. The Morgan fingerprint density at radius 2 is 1.92 bits per heavy atom. The molecule has 24 heavy (non-hydrogen) atoms. The van der Waals surface area contributed by atoms with E-state index in [1.54, 1.807) is 12.3 Å². The van der Waals surface area contributed by atoms with Crippen molar-refractivity contribution in [2.75, 3.05) is 6.61 Å². The summed E-state index contributed by atoms with van der Waals surface area (Å²) in [5.41, 5.74) is 2.18. The molecule has 0 aromatic heterocycles. The molecular formula is C18H12Br2N2O2. The van der Waals surface area contributed by atoms with Crippen LogP contribution in [0.4, 0.5) is 0 Å². The molecule has 0 radical (unpaired) electrons. The molecule has 120 valence electrons. The smallest absolute Gasteiger partial charge is 0.149 e. The molecule has 0 spiro atoms. The lowest BCUT2D eigenvalue weighted by Gasteiger charge is -2.08. The van der Waals surface area contributed by atoms with Gasteiger partial charge in [-0.05, 0) is 55.6 Å². The summed E-state index contributed by atoms with van der Waals surface area (Å²) in [5, 5.41) is 13.0. The Morgan fingerprint density at radius 3 is 2.58 bits per heavy atom. The molecule has 0 fully saturated rings. The third-order valence-corrected chi connectivity index (χ3v) is 4.13. The summed E-state index contributed by atoms with van der Waals surface area (Å²) in [4.78, 5) is 5.27. The van der Waals surface area contributed by atoms with Gasteiger partial charge < -0.3 is 9.57 Å². The van der Waals surface area contributed by atoms with Crippen LogP contribution in [0.1, 0.15) is 16.7 Å². The highest BCUT2D eigenvalue weighted by Gasteiger charge is 2.08. The van der Waals surface area contributed by atoms with Crippen LogP contribution in [0.3, 0.4) is 0 Å². The van der Waals surface area contributed by atoms with Crippen LogP contribution >= 0.6 is 31.9 Å². The molecule has 0 atom stereocenters. The van der Waals surface area contributed by atoms with Crippen LogP contribution in [0.25, 0.3) is 0 Å². The minimum atomic E-state index is 0.187. The third-order valence-electron chi connectivity index (χ3n) is 2.95. The van der Waals surface area contributed by atoms with Crippen molar-refractivity contribution in [3.05, 3.63) is 62.0 Å². The lowest BCUT2D eigenvalue weighted by atomic mass is 10.1. The number of benzene rings is 2. The predicted molar refractivity (Wildman–Crippen MR) is 99.7 cm³/mol. The van der Waals surface area contributed by atoms with Crippen LogP contribution in [0.15, 0.2) is 50.5 Å². The second kappa shape index (κ2) is 9.12. The number of nitriles is 1. The molecule has 0 unspecified atom stereocenters. The van der Waals surface area contributed by atoms with E-state index in [1.807, 2.05) is 30.3 Å². The van der Waals surface area contributed by atoms with E-state index >= 15 is 0 Å². The summed E-state index contributed by atoms with van der Waals surface area (Å²) in [6, 6.07) is 13.0. The van der Waals surface area contributed by atoms with Gasteiger partial charge in [0.15, 0.2) is 0 Å². The first-order valence-electron chi connectivity index (χ1n) is 6.84. The van der Waals surface area contributed by atoms with Gasteiger partial charge in [-0.2, -0.15) is 5.26 Å². The second-order valence-corrected chi connectivity index (χ2v) is 6.29. The van der Waals surface area contributed by atoms with Crippen LogP contribution in [0, 0.1) is 23.7 Å². The topological polar surface area (TPSA) is 54.6 Å². The normalized spacial score (nSPS) is 10.2. The molecule has 0 saturated heterocycles. The number of nitrogens with zero attached hydrogens (tertiary/aromatic N) is 2. The van der Waals surface area contributed by atoms with Gasteiger partial charge in [0.1, 0.15) is 19.0 Å². The lowest BCUT2D eigenvalue weighted by molar-refractivity contribution is 0.132. The number of hydrogen-bond acceptors (Lipinski definition) is 4. The molecule has 6 heteroatoms. The Morgan fingerprint density at radius 1 is 1.21 bits per heavy atom. The summed E-state index contributed by atoms with van der Waals surface area (Å²) in [5.74, 6) is 3.05. The maximum atomic E-state index is 9.02. The number of ether oxygens (including phenoxy) is 1. The van der Waals surface area contributed by atoms with Crippen molar-refractivity contribution in [2.24, 2.45) is 5.16 Å². The summed E-state index contributed by atoms with van der Waals surface area (Å²) in [7, 11) is 0. The van der Waals surface area contributed by atoms with Gasteiger partial charge in [-0.3, -0.25) is 0 Å². The van der Waals surface area contributed by atoms with Gasteiger partial charge in [0, 0.05) is 5.56 Å². The van der Waals surface area contributed by atoms with Crippen molar-refractivity contribution in [1.82, 2.24) is 0 Å². The van der Waals surface area contributed by atoms with Crippen molar-refractivity contribution < 1.29 is 9.57 Å². The minimum Gasteiger partial charge on any atom is -0.479 e. The standard InChI is InChI=1S/C18H12Br2N2O2/c1-2-7-23-18-16(19)8-13(9-17(18)20)11-22-24-12-15-6-4-3-5-14(15)10-21/h1,3-6,8-9,11H,7,12H2/b22-11-. The molecule has 2 aromatic carbocycles. The van der Waals surface area contributed by atoms with Gasteiger partial charge in [-0.15, -0.1) is 6.42 Å². The lowest BCUT2D eigenvalue weighted by Crippen LogP contribution is -1.97. The Hall–Kier alpha value is -2.28. The highest BCUT2D eigenvalue weighted by atomic mass is 79.9. The van der Waals surface area contributed by atoms with Gasteiger partial charge in [0.05, 0.1) is 26.8 Å². The minimum absolute atomic E-state index is 0.187. The first-order chi connectivity index (χ1) is 11.7. The zero-order chi connectivity index (χ0) is 17.4. The Kier molecular flexibility index (Phi) is 6.87. The summed E-state index contributed by atoms with van der Waals surface area (Å²) in [6.07, 6.45) is 6.77. The average Bonchev–Trinajstić information content (AvgIpc) is 2.58. The molecule has 0 amide bonds. The Balaban J connectivity index is 2.02. The fourth-order valence-electron chi connectivity index (χ4n) is 1.87. The molecule has 0 bridgehead atoms. The average molecular weight is 448 g/mol. The van der Waals surface area contributed by atoms with Crippen molar-refractivity contribution in [1.29, 1.82) is 5.26 Å². The maximum absolute atomic E-state index is 9.02. The zero-order valence-electron chi connectivity index (χ0n) is 12.5. The van der Waals surface area contributed by atoms with Crippen molar-refractivity contribution in [3.8, 4) is 24.2 Å². The second-order valence-electron chi connectivity index (χ2n) is 4.58. The van der Waals surface area contributed by atoms with Gasteiger partial charge in [-0.25, -0.2) is 0 Å². The molecule has 2 rings (SSSR count). The SMILES string of the molecule is C#CCOc1c(Br)cc(/C=N\OCc2ccccc2C#N)cc1Br. The number of halogens is 2. The molecular weight excluding hydrogens is 436 g/mol. The summed E-state index contributed by atoms with van der Waals surface area (Å²) in [6.45, 7) is 0.415. The largest absolute Gasteiger partial charge is 0.479 e. The van der Waals surface area contributed by atoms with Crippen LogP contribution < -0.4 is 4.74 Å². The number of hydrogen-bond donors (Lipinski definition) is 0. The van der Waals surface area contributed by atoms with E-state index in [4.69, 9.17) is 21.3 Å². The van der Waals surface area contributed by atoms with Gasteiger partial charge in [0.25, 0.3) is 0 Å². The van der Waals surface area contributed by atoms with E-state index in [-0.39, 0.29) is 13.2 Å². The van der Waals surface area contributed by atoms with Crippen molar-refractivity contribution in [2.45, 2.75) is 6.61 Å². The first kappa shape index (κ1) is 18.1. The number of terminal acetylenes is 1. The van der Waals surface area contributed by atoms with E-state index in [9.17, 15) is 0 Å². The number of oxime groups is 1. The van der Waals surface area contributed by atoms with E-state index in [2.05, 4.69) is 49.0 Å². The molecule has 0 saturated carbocycles. The molecule has 2 aromatic rings. The Labute approximate surface area is 157 Å². The molecule has 0 aliphatic carbocycles. The van der Waals surface area contributed by atoms with E-state index in [1.165, 1.54) is 0 Å². The summed E-state index contributed by atoms with van der Waals surface area (Å²) >= 11 is 6.86. The van der Waals surface area contributed by atoms with Crippen molar-refractivity contribution in [3.63, 3.8) is 0 Å². The molecule has 0 aliphatic rings. The van der Waals surface area contributed by atoms with E-state index in [0.29, 0.717) is 11.3 Å². The molecule has 4 nitrogen and oxygen atoms in total. The zero-order valence-corrected chi connectivity index (χ0v) is 15.7. The molecule has 0 N–H and O–H groups in total. The predicted octanol–water partition coefficient (Wildman–Crippen LogP) is 4.65. The third kappa shape index (κ3) is 4.86. The first-order valence-corrected chi connectivity index (χ1v) is 8.43.